The van der Waals surface area contributed by atoms with Gasteiger partial charge >= 0.3 is 0 Å². The van der Waals surface area contributed by atoms with Crippen LogP contribution in [0, 0.1) is 0 Å². The van der Waals surface area contributed by atoms with Gasteiger partial charge in [-0.15, -0.1) is 0 Å². The SMILES string of the molecule is NC1=CC(CN2CCCCC2)=NS1(=O)=O. The second-order valence-electron chi connectivity index (χ2n) is 3.94. The fourth-order valence-corrected chi connectivity index (χ4v) is 2.70. The van der Waals surface area contributed by atoms with Crippen molar-refractivity contribution in [1.29, 1.82) is 0 Å². The van der Waals surface area contributed by atoms with Gasteiger partial charge in [-0.3, -0.25) is 4.90 Å². The normalized spacial score (nSPS) is 26.1. The molecular weight excluding hydrogens is 214 g/mol. The molecule has 1 fully saturated rings. The number of nitrogens with two attached hydrogens (primary N) is 1. The Kier molecular flexibility index (Phi) is 2.79. The maximum Gasteiger partial charge on any atom is 0.297 e. The van der Waals surface area contributed by atoms with Crippen LogP contribution in [0.25, 0.3) is 0 Å². The lowest BCUT2D eigenvalue weighted by atomic mass is 10.1. The summed E-state index contributed by atoms with van der Waals surface area (Å²) in [6.45, 7) is 2.64. The Morgan fingerprint density at radius 1 is 1.33 bits per heavy atom. The van der Waals surface area contributed by atoms with E-state index >= 15 is 0 Å². The molecule has 0 saturated carbocycles. The number of hydrogen-bond donors (Lipinski definition) is 1. The van der Waals surface area contributed by atoms with Gasteiger partial charge < -0.3 is 5.73 Å². The first-order chi connectivity index (χ1) is 7.08. The second kappa shape index (κ2) is 3.94. The molecule has 0 aliphatic carbocycles. The van der Waals surface area contributed by atoms with Crippen molar-refractivity contribution in [3.05, 3.63) is 11.1 Å². The molecule has 84 valence electrons. The number of piperidine rings is 1. The van der Waals surface area contributed by atoms with E-state index in [1.54, 1.807) is 0 Å². The highest BCUT2D eigenvalue weighted by atomic mass is 32.2. The van der Waals surface area contributed by atoms with Crippen molar-refractivity contribution in [1.82, 2.24) is 4.90 Å². The van der Waals surface area contributed by atoms with Crippen LogP contribution in [-0.2, 0) is 10.0 Å². The summed E-state index contributed by atoms with van der Waals surface area (Å²) in [6, 6.07) is 0. The number of rotatable bonds is 2. The van der Waals surface area contributed by atoms with E-state index in [-0.39, 0.29) is 5.03 Å². The van der Waals surface area contributed by atoms with E-state index in [2.05, 4.69) is 9.30 Å². The van der Waals surface area contributed by atoms with Gasteiger partial charge in [-0.2, -0.15) is 12.8 Å². The van der Waals surface area contributed by atoms with Gasteiger partial charge in [0.25, 0.3) is 10.0 Å². The van der Waals surface area contributed by atoms with Gasteiger partial charge in [-0.25, -0.2) is 0 Å². The van der Waals surface area contributed by atoms with E-state index in [1.807, 2.05) is 0 Å². The van der Waals surface area contributed by atoms with Gasteiger partial charge in [0.15, 0.2) is 5.03 Å². The van der Waals surface area contributed by atoms with Gasteiger partial charge in [0, 0.05) is 6.54 Å². The van der Waals surface area contributed by atoms with Gasteiger partial charge in [-0.1, -0.05) is 6.42 Å². The summed E-state index contributed by atoms with van der Waals surface area (Å²) < 4.78 is 26.1. The third-order valence-corrected chi connectivity index (χ3v) is 3.87. The Morgan fingerprint density at radius 3 is 2.53 bits per heavy atom. The highest BCUT2D eigenvalue weighted by Crippen LogP contribution is 2.14. The molecule has 0 bridgehead atoms. The molecule has 0 aromatic rings. The first kappa shape index (κ1) is 10.6. The summed E-state index contributed by atoms with van der Waals surface area (Å²) in [6.07, 6.45) is 5.08. The smallest absolute Gasteiger partial charge is 0.297 e. The molecule has 6 heteroatoms. The largest absolute Gasteiger partial charge is 0.388 e. The quantitative estimate of drug-likeness (QED) is 0.726. The van der Waals surface area contributed by atoms with Crippen LogP contribution in [0.2, 0.25) is 0 Å². The van der Waals surface area contributed by atoms with Crippen LogP contribution >= 0.6 is 0 Å². The fraction of sp³-hybridized carbons (Fsp3) is 0.667. The lowest BCUT2D eigenvalue weighted by Crippen LogP contribution is -2.33. The molecule has 15 heavy (non-hydrogen) atoms. The van der Waals surface area contributed by atoms with E-state index in [4.69, 9.17) is 5.73 Å². The van der Waals surface area contributed by atoms with Crippen LogP contribution in [0.4, 0.5) is 0 Å². The van der Waals surface area contributed by atoms with E-state index < -0.39 is 10.0 Å². The molecule has 2 aliphatic heterocycles. The van der Waals surface area contributed by atoms with Crippen LogP contribution in [0.1, 0.15) is 19.3 Å². The average Bonchev–Trinajstić information content (AvgIpc) is 2.42. The first-order valence-electron chi connectivity index (χ1n) is 5.11. The fourth-order valence-electron chi connectivity index (χ4n) is 1.89. The van der Waals surface area contributed by atoms with Crippen LogP contribution in [0.5, 0.6) is 0 Å². The van der Waals surface area contributed by atoms with Crippen molar-refractivity contribution in [3.8, 4) is 0 Å². The monoisotopic (exact) mass is 229 g/mol. The molecule has 0 amide bonds. The molecular formula is C9H15N3O2S. The molecule has 0 aromatic carbocycles. The van der Waals surface area contributed by atoms with Crippen molar-refractivity contribution < 1.29 is 8.42 Å². The molecule has 5 nitrogen and oxygen atoms in total. The number of likely N-dealkylation sites (tertiary alicyclic amines) is 1. The van der Waals surface area contributed by atoms with Crippen LogP contribution in [0.3, 0.4) is 0 Å². The van der Waals surface area contributed by atoms with Gasteiger partial charge in [-0.05, 0) is 32.0 Å². The van der Waals surface area contributed by atoms with Gasteiger partial charge in [0.2, 0.25) is 0 Å². The van der Waals surface area contributed by atoms with Crippen LogP contribution in [-0.4, -0.2) is 38.7 Å². The van der Waals surface area contributed by atoms with Crippen LogP contribution in [0.15, 0.2) is 15.5 Å². The van der Waals surface area contributed by atoms with Gasteiger partial charge in [0.1, 0.15) is 0 Å². The Bertz CT molecular complexity index is 405. The Hall–Kier alpha value is -0.880. The van der Waals surface area contributed by atoms with Crippen molar-refractivity contribution >= 4 is 15.7 Å². The molecule has 1 saturated heterocycles. The molecule has 2 aliphatic rings. The zero-order chi connectivity index (χ0) is 10.9. The summed E-state index contributed by atoms with van der Waals surface area (Å²) in [4.78, 5) is 2.22. The van der Waals surface area contributed by atoms with E-state index in [0.717, 1.165) is 13.1 Å². The predicted molar refractivity (Wildman–Crippen MR) is 58.9 cm³/mol. The number of sulfonamides is 1. The Morgan fingerprint density at radius 2 is 2.00 bits per heavy atom. The summed E-state index contributed by atoms with van der Waals surface area (Å²) in [7, 11) is -3.52. The van der Waals surface area contributed by atoms with Crippen molar-refractivity contribution in [2.45, 2.75) is 19.3 Å². The van der Waals surface area contributed by atoms with E-state index in [9.17, 15) is 8.42 Å². The van der Waals surface area contributed by atoms with E-state index in [0.29, 0.717) is 12.3 Å². The maximum absolute atomic E-state index is 11.2. The minimum absolute atomic E-state index is 0.130. The Balaban J connectivity index is 2.02. The Labute approximate surface area is 89.7 Å². The maximum atomic E-state index is 11.2. The van der Waals surface area contributed by atoms with Crippen molar-refractivity contribution in [3.63, 3.8) is 0 Å². The first-order valence-corrected chi connectivity index (χ1v) is 6.55. The summed E-state index contributed by atoms with van der Waals surface area (Å²) in [5, 5.41) is -0.130. The number of nitrogens with zero attached hydrogens (tertiary/aromatic N) is 2. The summed E-state index contributed by atoms with van der Waals surface area (Å²) in [5.41, 5.74) is 5.91. The molecule has 0 aromatic heterocycles. The molecule has 2 heterocycles. The molecule has 0 atom stereocenters. The standard InChI is InChI=1S/C9H15N3O2S/c10-9-6-8(11-15(9,13)14)7-12-4-2-1-3-5-12/h6H,1-5,7,10H2. The van der Waals surface area contributed by atoms with Gasteiger partial charge in [0.05, 0.1) is 5.71 Å². The van der Waals surface area contributed by atoms with Crippen molar-refractivity contribution in [2.24, 2.45) is 10.1 Å². The topological polar surface area (TPSA) is 75.8 Å². The lowest BCUT2D eigenvalue weighted by molar-refractivity contribution is 0.259. The zero-order valence-electron chi connectivity index (χ0n) is 8.52. The molecule has 2 N–H and O–H groups in total. The minimum Gasteiger partial charge on any atom is -0.388 e. The molecule has 2 rings (SSSR count). The predicted octanol–water partition coefficient (Wildman–Crippen LogP) is 0.0568. The van der Waals surface area contributed by atoms with Crippen LogP contribution < -0.4 is 5.73 Å². The van der Waals surface area contributed by atoms with E-state index in [1.165, 1.54) is 25.3 Å². The minimum atomic E-state index is -3.52. The highest BCUT2D eigenvalue weighted by molar-refractivity contribution is 7.94. The average molecular weight is 229 g/mol. The number of hydrogen-bond acceptors (Lipinski definition) is 4. The summed E-state index contributed by atoms with van der Waals surface area (Å²) in [5.74, 6) is 0. The second-order valence-corrected chi connectivity index (χ2v) is 5.55. The molecule has 0 unspecified atom stereocenters. The summed E-state index contributed by atoms with van der Waals surface area (Å²) >= 11 is 0. The van der Waals surface area contributed by atoms with Crippen molar-refractivity contribution in [2.75, 3.05) is 19.6 Å². The third-order valence-electron chi connectivity index (χ3n) is 2.68. The molecule has 0 radical (unpaired) electrons. The lowest BCUT2D eigenvalue weighted by Gasteiger charge is -2.25. The molecule has 0 spiro atoms. The zero-order valence-corrected chi connectivity index (χ0v) is 9.33. The third kappa shape index (κ3) is 2.38. The highest BCUT2D eigenvalue weighted by Gasteiger charge is 2.23.